The molecule has 2 saturated carbocycles. The number of fused-ring (bicyclic) bond motifs is 5. The van der Waals surface area contributed by atoms with Gasteiger partial charge in [-0.05, 0) is 91.7 Å². The molecular weight excluding hydrogens is 560 g/mol. The second-order valence-corrected chi connectivity index (χ2v) is 15.6. The maximum Gasteiger partial charge on any atom is 0.380 e. The number of rotatable bonds is 7. The van der Waals surface area contributed by atoms with Crippen LogP contribution in [0.3, 0.4) is 0 Å². The summed E-state index contributed by atoms with van der Waals surface area (Å²) < 4.78 is 29.0. The summed E-state index contributed by atoms with van der Waals surface area (Å²) in [4.78, 5) is 23.5. The molecule has 9 nitrogen and oxygen atoms in total. The molecule has 1 amide bonds. The molecule has 0 saturated heterocycles. The van der Waals surface area contributed by atoms with Crippen molar-refractivity contribution in [1.82, 2.24) is 4.98 Å². The normalized spacial score (nSPS) is 28.5. The first-order chi connectivity index (χ1) is 19.2. The van der Waals surface area contributed by atoms with Gasteiger partial charge in [0.15, 0.2) is 5.13 Å². The van der Waals surface area contributed by atoms with Crippen LogP contribution in [0.2, 0.25) is 0 Å². The smallest absolute Gasteiger partial charge is 0.380 e. The summed E-state index contributed by atoms with van der Waals surface area (Å²) in [6.07, 6.45) is 7.66. The van der Waals surface area contributed by atoms with E-state index >= 15 is 0 Å². The first kappa shape index (κ1) is 30.0. The Kier molecular flexibility index (Phi) is 8.02. The van der Waals surface area contributed by atoms with Gasteiger partial charge in [-0.25, -0.2) is 4.98 Å². The third kappa shape index (κ3) is 6.03. The fourth-order valence-electron chi connectivity index (χ4n) is 7.89. The molecule has 3 aliphatic rings. The molecule has 11 heteroatoms. The van der Waals surface area contributed by atoms with E-state index in [1.807, 2.05) is 13.0 Å². The van der Waals surface area contributed by atoms with E-state index in [9.17, 15) is 13.2 Å². The van der Waals surface area contributed by atoms with Crippen LogP contribution in [0.5, 0.6) is 5.75 Å². The minimum Gasteiger partial charge on any atom is -0.399 e. The van der Waals surface area contributed by atoms with Crippen molar-refractivity contribution in [1.29, 1.82) is 0 Å². The van der Waals surface area contributed by atoms with Crippen LogP contribution in [-0.4, -0.2) is 32.1 Å². The number of carbonyl (C=O) groups excluding carboxylic acids is 1. The molecule has 1 aromatic heterocycles. The second-order valence-electron chi connectivity index (χ2n) is 13.2. The maximum absolute atomic E-state index is 12.9. The van der Waals surface area contributed by atoms with Gasteiger partial charge in [0.1, 0.15) is 12.9 Å². The fourth-order valence-corrected chi connectivity index (χ4v) is 8.96. The van der Waals surface area contributed by atoms with E-state index in [0.717, 1.165) is 60.2 Å². The van der Waals surface area contributed by atoms with Crippen molar-refractivity contribution in [3.8, 4) is 5.75 Å². The number of aromatic nitrogens is 1. The maximum atomic E-state index is 12.9. The number of anilines is 1. The minimum absolute atomic E-state index is 0.00302. The molecule has 41 heavy (non-hydrogen) atoms. The van der Waals surface area contributed by atoms with Gasteiger partial charge in [-0.3, -0.25) is 4.79 Å². The summed E-state index contributed by atoms with van der Waals surface area (Å²) in [5, 5.41) is 13.4. The molecular formula is C30H42N4O5S2. The Labute approximate surface area is 247 Å². The lowest BCUT2D eigenvalue weighted by Crippen LogP contribution is -2.44. The quantitative estimate of drug-likeness (QED) is 0.383. The molecule has 1 aromatic carbocycles. The molecule has 5 rings (SSSR count). The number of carbonyl (C=O) groups is 1. The zero-order valence-corrected chi connectivity index (χ0v) is 26.5. The summed E-state index contributed by atoms with van der Waals surface area (Å²) in [5.41, 5.74) is 3.98. The number of nitrogens with two attached hydrogens (primary N) is 1. The van der Waals surface area contributed by atoms with Crippen LogP contribution < -0.4 is 14.6 Å². The number of hydrogen-bond donors (Lipinski definition) is 2. The van der Waals surface area contributed by atoms with Gasteiger partial charge in [0.05, 0.1) is 5.71 Å². The Hall–Kier alpha value is -2.50. The zero-order valence-electron chi connectivity index (χ0n) is 24.8. The van der Waals surface area contributed by atoms with Crippen LogP contribution in [0.25, 0.3) is 0 Å². The largest absolute Gasteiger partial charge is 0.399 e. The lowest BCUT2D eigenvalue weighted by atomic mass is 9.53. The van der Waals surface area contributed by atoms with Crippen molar-refractivity contribution < 1.29 is 22.2 Å². The van der Waals surface area contributed by atoms with Crippen molar-refractivity contribution in [3.63, 3.8) is 0 Å². The standard InChI is InChI=1S/C30H42N4O5S2/c1-17-16-32-28(40-17)33-26(35)10-8-19-14-25(34-38-6)30(5)12-11-20-21(27(19)30)9-7-18-13-24(39-41(31,36)37)23(15-22(18)20)29(2,3)4/h13,15-16,19-21,27H,7-12,14H2,1-6H3,(H2,31,36,37)(H,32,33,35)/b34-25+/t19-,20?,21?,27?,30-/m1/s1. The Morgan fingerprint density at radius 2 is 2.05 bits per heavy atom. The Morgan fingerprint density at radius 1 is 1.29 bits per heavy atom. The highest BCUT2D eigenvalue weighted by molar-refractivity contribution is 7.84. The molecule has 5 atom stereocenters. The Bertz CT molecular complexity index is 1460. The lowest BCUT2D eigenvalue weighted by molar-refractivity contribution is -0.116. The van der Waals surface area contributed by atoms with E-state index in [0.29, 0.717) is 41.0 Å². The molecule has 3 unspecified atom stereocenters. The number of nitrogens with one attached hydrogen (secondary N) is 1. The van der Waals surface area contributed by atoms with Crippen molar-refractivity contribution in [3.05, 3.63) is 39.9 Å². The van der Waals surface area contributed by atoms with Crippen LogP contribution >= 0.6 is 11.3 Å². The van der Waals surface area contributed by atoms with Crippen LogP contribution in [0.1, 0.15) is 93.7 Å². The molecule has 3 N–H and O–H groups in total. The van der Waals surface area contributed by atoms with Crippen LogP contribution in [0, 0.1) is 30.1 Å². The monoisotopic (exact) mass is 602 g/mol. The molecule has 0 spiro atoms. The van der Waals surface area contributed by atoms with Crippen LogP contribution in [0.4, 0.5) is 5.13 Å². The number of oxime groups is 1. The fraction of sp³-hybridized carbons (Fsp3) is 0.633. The average molecular weight is 603 g/mol. The third-order valence-corrected chi connectivity index (χ3v) is 10.8. The molecule has 0 aliphatic heterocycles. The molecule has 1 heterocycles. The van der Waals surface area contributed by atoms with Crippen LogP contribution in [-0.2, 0) is 31.8 Å². The molecule has 0 bridgehead atoms. The highest BCUT2D eigenvalue weighted by atomic mass is 32.2. The first-order valence-electron chi connectivity index (χ1n) is 14.4. The second kappa shape index (κ2) is 11.0. The van der Waals surface area contributed by atoms with Gasteiger partial charge >= 0.3 is 10.3 Å². The number of aryl methyl sites for hydroxylation is 2. The topological polar surface area (TPSA) is 133 Å². The van der Waals surface area contributed by atoms with Crippen molar-refractivity contribution in [2.75, 3.05) is 12.4 Å². The van der Waals surface area contributed by atoms with Gasteiger partial charge in [-0.15, -0.1) is 11.3 Å². The minimum atomic E-state index is -4.14. The Balaban J connectivity index is 1.45. The number of benzene rings is 1. The van der Waals surface area contributed by atoms with Gasteiger partial charge < -0.3 is 14.3 Å². The summed E-state index contributed by atoms with van der Waals surface area (Å²) in [7, 11) is -2.53. The number of hydrogen-bond acceptors (Lipinski definition) is 8. The lowest BCUT2D eigenvalue weighted by Gasteiger charge is -2.50. The highest BCUT2D eigenvalue weighted by Crippen LogP contribution is 2.63. The first-order valence-corrected chi connectivity index (χ1v) is 16.7. The third-order valence-electron chi connectivity index (χ3n) is 9.52. The van der Waals surface area contributed by atoms with Gasteiger partial charge in [-0.2, -0.15) is 13.6 Å². The van der Waals surface area contributed by atoms with Crippen molar-refractivity contribution in [2.45, 2.75) is 90.9 Å². The highest BCUT2D eigenvalue weighted by Gasteiger charge is 2.57. The summed E-state index contributed by atoms with van der Waals surface area (Å²) in [5.74, 6) is 1.79. The Morgan fingerprint density at radius 3 is 2.68 bits per heavy atom. The molecule has 224 valence electrons. The number of nitrogens with zero attached hydrogens (tertiary/aromatic N) is 2. The van der Waals surface area contributed by atoms with Gasteiger partial charge in [0.25, 0.3) is 0 Å². The molecule has 3 aliphatic carbocycles. The van der Waals surface area contributed by atoms with E-state index in [2.05, 4.69) is 49.2 Å². The van der Waals surface area contributed by atoms with Crippen molar-refractivity contribution >= 4 is 38.4 Å². The van der Waals surface area contributed by atoms with Gasteiger partial charge in [0.2, 0.25) is 5.91 Å². The van der Waals surface area contributed by atoms with Crippen LogP contribution in [0.15, 0.2) is 23.5 Å². The van der Waals surface area contributed by atoms with E-state index < -0.39 is 10.3 Å². The number of amides is 1. The van der Waals surface area contributed by atoms with Crippen molar-refractivity contribution in [2.24, 2.45) is 33.5 Å². The number of thiazole rings is 1. The molecule has 2 fully saturated rings. The molecule has 2 aromatic rings. The van der Waals surface area contributed by atoms with E-state index in [1.54, 1.807) is 13.3 Å². The predicted octanol–water partition coefficient (Wildman–Crippen LogP) is 5.83. The van der Waals surface area contributed by atoms with Gasteiger partial charge in [-0.1, -0.05) is 38.9 Å². The summed E-state index contributed by atoms with van der Waals surface area (Å²) >= 11 is 1.49. The predicted molar refractivity (Wildman–Crippen MR) is 162 cm³/mol. The van der Waals surface area contributed by atoms with E-state index in [4.69, 9.17) is 14.2 Å². The van der Waals surface area contributed by atoms with Gasteiger partial charge in [0, 0.05) is 28.5 Å². The summed E-state index contributed by atoms with van der Waals surface area (Å²) in [6, 6.07) is 4.08. The zero-order chi connectivity index (χ0) is 29.7. The molecule has 0 radical (unpaired) electrons. The SMILES string of the molecule is CO/N=C1\C[C@@H](CCC(=O)Nc2ncc(C)s2)C2C3CCc4cc(OS(N)(=O)=O)c(C(C)(C)C)cc4C3CC[C@]12C. The summed E-state index contributed by atoms with van der Waals surface area (Å²) in [6.45, 7) is 10.5. The van der Waals surface area contributed by atoms with E-state index in [-0.39, 0.29) is 16.7 Å². The average Bonchev–Trinajstić information content (AvgIpc) is 3.40. The van der Waals surface area contributed by atoms with E-state index in [1.165, 1.54) is 16.9 Å².